The molecule has 1 atom stereocenters. The molecule has 2 aliphatic rings. The van der Waals surface area contributed by atoms with Crippen molar-refractivity contribution in [2.75, 3.05) is 33.8 Å². The van der Waals surface area contributed by atoms with Crippen LogP contribution in [-0.2, 0) is 14.3 Å². The van der Waals surface area contributed by atoms with Gasteiger partial charge in [0.25, 0.3) is 5.91 Å². The molecule has 25 heavy (non-hydrogen) atoms. The second kappa shape index (κ2) is 9.20. The number of nitrogens with zero attached hydrogens (tertiary/aromatic N) is 2. The van der Waals surface area contributed by atoms with Gasteiger partial charge in [0.1, 0.15) is 5.54 Å². The predicted octanol–water partition coefficient (Wildman–Crippen LogP) is 0.0530. The van der Waals surface area contributed by atoms with Crippen molar-refractivity contribution in [3.05, 3.63) is 0 Å². The smallest absolute Gasteiger partial charge is 0.322 e. The third kappa shape index (κ3) is 4.95. The molecule has 3 N–H and O–H groups in total. The lowest BCUT2D eigenvalue weighted by Gasteiger charge is -2.39. The predicted molar refractivity (Wildman–Crippen MR) is 103 cm³/mol. The number of hydrogen-bond acceptors (Lipinski definition) is 5. The van der Waals surface area contributed by atoms with Crippen LogP contribution in [0, 0.1) is 5.92 Å². The Kier molecular flexibility index (Phi) is 7.90. The van der Waals surface area contributed by atoms with Gasteiger partial charge in [0.2, 0.25) is 0 Å². The van der Waals surface area contributed by atoms with E-state index in [1.807, 2.05) is 0 Å². The number of esters is 1. The molecule has 3 amide bonds. The molecular formula is C15H26IN5O4. The van der Waals surface area contributed by atoms with E-state index in [2.05, 4.69) is 30.6 Å². The van der Waals surface area contributed by atoms with Gasteiger partial charge in [-0.3, -0.25) is 19.9 Å². The van der Waals surface area contributed by atoms with Crippen molar-refractivity contribution in [2.24, 2.45) is 10.9 Å². The summed E-state index contributed by atoms with van der Waals surface area (Å²) in [6, 6.07) is -0.426. The Bertz CT molecular complexity index is 548. The summed E-state index contributed by atoms with van der Waals surface area (Å²) < 4.78 is 4.61. The van der Waals surface area contributed by atoms with Crippen molar-refractivity contribution >= 4 is 47.8 Å². The molecule has 0 aromatic carbocycles. The molecule has 1 unspecified atom stereocenters. The van der Waals surface area contributed by atoms with Gasteiger partial charge in [-0.25, -0.2) is 4.79 Å². The number of urea groups is 1. The highest BCUT2D eigenvalue weighted by Crippen LogP contribution is 2.30. The number of piperidine rings is 1. The summed E-state index contributed by atoms with van der Waals surface area (Å²) in [7, 11) is 3.05. The summed E-state index contributed by atoms with van der Waals surface area (Å²) in [6.07, 6.45) is 1.81. The fourth-order valence-corrected chi connectivity index (χ4v) is 3.22. The van der Waals surface area contributed by atoms with E-state index >= 15 is 0 Å². The maximum absolute atomic E-state index is 12.0. The van der Waals surface area contributed by atoms with Gasteiger partial charge < -0.3 is 20.3 Å². The van der Waals surface area contributed by atoms with Gasteiger partial charge >= 0.3 is 12.0 Å². The first kappa shape index (κ1) is 21.5. The number of ether oxygens (including phenoxy) is 1. The molecule has 0 saturated carbocycles. The Hall–Kier alpha value is -1.59. The number of amides is 3. The molecule has 2 heterocycles. The van der Waals surface area contributed by atoms with Crippen LogP contribution in [0.1, 0.15) is 26.2 Å². The Morgan fingerprint density at radius 1 is 1.40 bits per heavy atom. The van der Waals surface area contributed by atoms with Crippen molar-refractivity contribution in [1.82, 2.24) is 20.9 Å². The highest BCUT2D eigenvalue weighted by Gasteiger charge is 2.48. The lowest BCUT2D eigenvalue weighted by atomic mass is 9.79. The number of imide groups is 1. The number of carbonyl (C=O) groups excluding carboxylic acids is 3. The average molecular weight is 467 g/mol. The minimum atomic E-state index is -0.842. The SMILES string of the molecule is CN=C(NCCC(=O)OC)N1CCC(C2(C)NC(=O)NC2=O)CC1.I. The number of methoxy groups -OCH3 is 1. The standard InChI is InChI=1S/C15H25N5O4.HI/c1-15(12(22)18-14(23)19-15)10-5-8-20(9-6-10)13(16-2)17-7-4-11(21)24-3;/h10H,4-9H2,1-3H3,(H,16,17)(H2,18,19,22,23);1H. The van der Waals surface area contributed by atoms with Gasteiger partial charge in [-0.05, 0) is 25.7 Å². The van der Waals surface area contributed by atoms with Gasteiger partial charge in [-0.1, -0.05) is 0 Å². The quantitative estimate of drug-likeness (QED) is 0.177. The summed E-state index contributed by atoms with van der Waals surface area (Å²) in [5.74, 6) is 0.273. The number of guanidine groups is 1. The number of halogens is 1. The maximum Gasteiger partial charge on any atom is 0.322 e. The topological polar surface area (TPSA) is 112 Å². The molecule has 0 spiro atoms. The van der Waals surface area contributed by atoms with E-state index in [-0.39, 0.29) is 48.2 Å². The van der Waals surface area contributed by atoms with Crippen molar-refractivity contribution in [3.63, 3.8) is 0 Å². The average Bonchev–Trinajstić information content (AvgIpc) is 2.84. The summed E-state index contributed by atoms with van der Waals surface area (Å²) >= 11 is 0. The molecule has 2 fully saturated rings. The molecule has 142 valence electrons. The molecule has 0 aromatic heterocycles. The van der Waals surface area contributed by atoms with Gasteiger partial charge in [0.05, 0.1) is 13.5 Å². The first-order chi connectivity index (χ1) is 11.4. The zero-order valence-electron chi connectivity index (χ0n) is 14.8. The Morgan fingerprint density at radius 2 is 2.04 bits per heavy atom. The van der Waals surface area contributed by atoms with Crippen LogP contribution in [0.15, 0.2) is 4.99 Å². The molecule has 0 radical (unpaired) electrons. The van der Waals surface area contributed by atoms with Crippen molar-refractivity contribution < 1.29 is 19.1 Å². The molecule has 10 heteroatoms. The van der Waals surface area contributed by atoms with Crippen LogP contribution in [0.3, 0.4) is 0 Å². The molecular weight excluding hydrogens is 441 g/mol. The van der Waals surface area contributed by atoms with E-state index in [0.29, 0.717) is 6.54 Å². The molecule has 2 rings (SSSR count). The van der Waals surface area contributed by atoms with Gasteiger partial charge in [0.15, 0.2) is 5.96 Å². The molecule has 2 aliphatic heterocycles. The van der Waals surface area contributed by atoms with Crippen LogP contribution >= 0.6 is 24.0 Å². The first-order valence-corrected chi connectivity index (χ1v) is 8.06. The minimum Gasteiger partial charge on any atom is -0.469 e. The highest BCUT2D eigenvalue weighted by molar-refractivity contribution is 14.0. The number of rotatable bonds is 4. The first-order valence-electron chi connectivity index (χ1n) is 8.06. The second-order valence-corrected chi connectivity index (χ2v) is 6.17. The third-order valence-corrected chi connectivity index (χ3v) is 4.73. The zero-order valence-corrected chi connectivity index (χ0v) is 17.1. The highest BCUT2D eigenvalue weighted by atomic mass is 127. The van der Waals surface area contributed by atoms with Gasteiger partial charge in [-0.2, -0.15) is 0 Å². The number of carbonyl (C=O) groups is 3. The molecule has 9 nitrogen and oxygen atoms in total. The van der Waals surface area contributed by atoms with Crippen LogP contribution in [0.25, 0.3) is 0 Å². The van der Waals surface area contributed by atoms with E-state index in [0.717, 1.165) is 31.9 Å². The number of hydrogen-bond donors (Lipinski definition) is 3. The molecule has 0 bridgehead atoms. The molecule has 0 aromatic rings. The Morgan fingerprint density at radius 3 is 2.52 bits per heavy atom. The van der Waals surface area contributed by atoms with Crippen LogP contribution in [0.5, 0.6) is 0 Å². The molecule has 2 saturated heterocycles. The lowest BCUT2D eigenvalue weighted by Crippen LogP contribution is -2.55. The third-order valence-electron chi connectivity index (χ3n) is 4.73. The monoisotopic (exact) mass is 467 g/mol. The van der Waals surface area contributed by atoms with E-state index in [4.69, 9.17) is 0 Å². The Balaban J connectivity index is 0.00000312. The van der Waals surface area contributed by atoms with Crippen LogP contribution in [-0.4, -0.2) is 68.1 Å². The van der Waals surface area contributed by atoms with Crippen molar-refractivity contribution in [1.29, 1.82) is 0 Å². The fraction of sp³-hybridized carbons (Fsp3) is 0.733. The fourth-order valence-electron chi connectivity index (χ4n) is 3.22. The number of aliphatic imine (C=N–C) groups is 1. The summed E-state index contributed by atoms with van der Waals surface area (Å²) in [4.78, 5) is 40.9. The summed E-state index contributed by atoms with van der Waals surface area (Å²) in [6.45, 7) is 3.68. The van der Waals surface area contributed by atoms with E-state index in [1.54, 1.807) is 14.0 Å². The number of likely N-dealkylation sites (tertiary alicyclic amines) is 1. The van der Waals surface area contributed by atoms with E-state index in [9.17, 15) is 14.4 Å². The molecule has 0 aliphatic carbocycles. The summed E-state index contributed by atoms with van der Waals surface area (Å²) in [5, 5.41) is 8.20. The van der Waals surface area contributed by atoms with Gasteiger partial charge in [0, 0.05) is 26.7 Å². The summed E-state index contributed by atoms with van der Waals surface area (Å²) in [5.41, 5.74) is -0.842. The maximum atomic E-state index is 12.0. The minimum absolute atomic E-state index is 0. The van der Waals surface area contributed by atoms with Crippen LogP contribution in [0.4, 0.5) is 4.79 Å². The Labute approximate surface area is 164 Å². The van der Waals surface area contributed by atoms with Gasteiger partial charge in [-0.15, -0.1) is 24.0 Å². The van der Waals surface area contributed by atoms with E-state index < -0.39 is 11.6 Å². The van der Waals surface area contributed by atoms with Crippen LogP contribution in [0.2, 0.25) is 0 Å². The normalized spacial score (nSPS) is 24.3. The zero-order chi connectivity index (χ0) is 17.7. The number of nitrogens with one attached hydrogen (secondary N) is 3. The lowest BCUT2D eigenvalue weighted by molar-refractivity contribution is -0.140. The van der Waals surface area contributed by atoms with Crippen molar-refractivity contribution in [2.45, 2.75) is 31.7 Å². The second-order valence-electron chi connectivity index (χ2n) is 6.17. The van der Waals surface area contributed by atoms with Crippen LogP contribution < -0.4 is 16.0 Å². The van der Waals surface area contributed by atoms with Crippen molar-refractivity contribution in [3.8, 4) is 0 Å². The largest absolute Gasteiger partial charge is 0.469 e. The van der Waals surface area contributed by atoms with E-state index in [1.165, 1.54) is 7.11 Å².